The SMILES string of the molecule is Cc1ccc(C(Cc2ccsc2)NCc2cncn2Cc2ccccc2)nc1. The molecule has 0 bridgehead atoms. The fourth-order valence-electron chi connectivity index (χ4n) is 3.26. The van der Waals surface area contributed by atoms with Gasteiger partial charge < -0.3 is 9.88 Å². The Bertz CT molecular complexity index is 975. The summed E-state index contributed by atoms with van der Waals surface area (Å²) in [7, 11) is 0. The number of rotatable bonds is 8. The normalized spacial score (nSPS) is 12.2. The molecular weight excluding hydrogens is 364 g/mol. The molecule has 0 fully saturated rings. The maximum absolute atomic E-state index is 4.67. The third-order valence-corrected chi connectivity index (χ3v) is 5.57. The predicted octanol–water partition coefficient (Wildman–Crippen LogP) is 4.77. The summed E-state index contributed by atoms with van der Waals surface area (Å²) in [5, 5.41) is 8.04. The van der Waals surface area contributed by atoms with E-state index >= 15 is 0 Å². The van der Waals surface area contributed by atoms with Gasteiger partial charge in [-0.1, -0.05) is 36.4 Å². The standard InChI is InChI=1S/C23H24N4S/c1-18-7-8-22(25-12-18)23(11-20-9-10-28-16-20)26-14-21-13-24-17-27(21)15-19-5-3-2-4-6-19/h2-10,12-13,16-17,23,26H,11,14-15H2,1H3. The molecule has 0 aliphatic heterocycles. The van der Waals surface area contributed by atoms with Gasteiger partial charge in [-0.15, -0.1) is 0 Å². The van der Waals surface area contributed by atoms with Crippen molar-refractivity contribution >= 4 is 11.3 Å². The number of hydrogen-bond donors (Lipinski definition) is 1. The number of thiophene rings is 1. The Morgan fingerprint density at radius 1 is 1.04 bits per heavy atom. The van der Waals surface area contributed by atoms with E-state index < -0.39 is 0 Å². The Morgan fingerprint density at radius 2 is 1.93 bits per heavy atom. The van der Waals surface area contributed by atoms with Gasteiger partial charge in [0.2, 0.25) is 0 Å². The lowest BCUT2D eigenvalue weighted by atomic mass is 10.0. The first-order chi connectivity index (χ1) is 13.8. The summed E-state index contributed by atoms with van der Waals surface area (Å²) in [6.07, 6.45) is 6.71. The van der Waals surface area contributed by atoms with Crippen molar-refractivity contribution in [2.24, 2.45) is 0 Å². The zero-order chi connectivity index (χ0) is 19.2. The second kappa shape index (κ2) is 8.95. The van der Waals surface area contributed by atoms with Crippen LogP contribution in [0.25, 0.3) is 0 Å². The monoisotopic (exact) mass is 388 g/mol. The van der Waals surface area contributed by atoms with Crippen LogP contribution >= 0.6 is 11.3 Å². The first kappa shape index (κ1) is 18.6. The van der Waals surface area contributed by atoms with Crippen molar-refractivity contribution < 1.29 is 0 Å². The zero-order valence-electron chi connectivity index (χ0n) is 16.0. The van der Waals surface area contributed by atoms with Gasteiger partial charge in [0.15, 0.2) is 0 Å². The van der Waals surface area contributed by atoms with E-state index in [0.717, 1.165) is 25.2 Å². The van der Waals surface area contributed by atoms with Gasteiger partial charge >= 0.3 is 0 Å². The summed E-state index contributed by atoms with van der Waals surface area (Å²) in [5.41, 5.74) is 6.04. The van der Waals surface area contributed by atoms with Crippen LogP contribution in [0.15, 0.2) is 78.0 Å². The highest BCUT2D eigenvalue weighted by Crippen LogP contribution is 2.20. The van der Waals surface area contributed by atoms with E-state index in [2.05, 4.69) is 80.0 Å². The van der Waals surface area contributed by atoms with Gasteiger partial charge in [0.25, 0.3) is 0 Å². The Labute approximate surface area is 169 Å². The second-order valence-electron chi connectivity index (χ2n) is 7.03. The summed E-state index contributed by atoms with van der Waals surface area (Å²) in [6.45, 7) is 3.65. The molecule has 0 amide bonds. The summed E-state index contributed by atoms with van der Waals surface area (Å²) in [5.74, 6) is 0. The summed E-state index contributed by atoms with van der Waals surface area (Å²) >= 11 is 1.74. The molecule has 28 heavy (non-hydrogen) atoms. The van der Waals surface area contributed by atoms with E-state index in [9.17, 15) is 0 Å². The Hall–Kier alpha value is -2.76. The molecule has 0 saturated heterocycles. The minimum Gasteiger partial charge on any atom is -0.329 e. The van der Waals surface area contributed by atoms with Crippen LogP contribution < -0.4 is 5.32 Å². The topological polar surface area (TPSA) is 42.7 Å². The molecule has 1 aromatic carbocycles. The number of hydrogen-bond acceptors (Lipinski definition) is 4. The van der Waals surface area contributed by atoms with Crippen molar-refractivity contribution in [1.82, 2.24) is 19.9 Å². The molecule has 4 aromatic rings. The number of aryl methyl sites for hydroxylation is 1. The molecule has 3 aromatic heterocycles. The summed E-state index contributed by atoms with van der Waals surface area (Å²) in [6, 6.07) is 17.1. The van der Waals surface area contributed by atoms with E-state index in [1.165, 1.54) is 22.4 Å². The summed E-state index contributed by atoms with van der Waals surface area (Å²) < 4.78 is 2.20. The highest BCUT2D eigenvalue weighted by Gasteiger charge is 2.15. The van der Waals surface area contributed by atoms with Crippen LogP contribution in [0.2, 0.25) is 0 Å². The number of pyridine rings is 1. The number of nitrogens with one attached hydrogen (secondary N) is 1. The molecular formula is C23H24N4S. The average molecular weight is 389 g/mol. The van der Waals surface area contributed by atoms with Crippen molar-refractivity contribution in [3.8, 4) is 0 Å². The molecule has 4 rings (SSSR count). The summed E-state index contributed by atoms with van der Waals surface area (Å²) in [4.78, 5) is 9.03. The smallest absolute Gasteiger partial charge is 0.0951 e. The molecule has 1 unspecified atom stereocenters. The lowest BCUT2D eigenvalue weighted by molar-refractivity contribution is 0.505. The van der Waals surface area contributed by atoms with E-state index in [-0.39, 0.29) is 6.04 Å². The third kappa shape index (κ3) is 4.74. The Morgan fingerprint density at radius 3 is 2.68 bits per heavy atom. The number of aromatic nitrogens is 3. The van der Waals surface area contributed by atoms with Crippen molar-refractivity contribution in [2.75, 3.05) is 0 Å². The van der Waals surface area contributed by atoms with Crippen molar-refractivity contribution in [1.29, 1.82) is 0 Å². The predicted molar refractivity (Wildman–Crippen MR) is 114 cm³/mol. The molecule has 142 valence electrons. The fraction of sp³-hybridized carbons (Fsp3) is 0.217. The van der Waals surface area contributed by atoms with Crippen LogP contribution in [0.5, 0.6) is 0 Å². The highest BCUT2D eigenvalue weighted by atomic mass is 32.1. The Balaban J connectivity index is 1.48. The van der Waals surface area contributed by atoms with E-state index in [1.54, 1.807) is 11.3 Å². The maximum Gasteiger partial charge on any atom is 0.0951 e. The molecule has 1 atom stereocenters. The van der Waals surface area contributed by atoms with Crippen LogP contribution in [0.4, 0.5) is 0 Å². The van der Waals surface area contributed by atoms with Crippen LogP contribution in [0.3, 0.4) is 0 Å². The lowest BCUT2D eigenvalue weighted by Crippen LogP contribution is -2.25. The molecule has 0 radical (unpaired) electrons. The van der Waals surface area contributed by atoms with E-state index in [0.29, 0.717) is 0 Å². The van der Waals surface area contributed by atoms with Gasteiger partial charge in [-0.2, -0.15) is 11.3 Å². The molecule has 4 nitrogen and oxygen atoms in total. The van der Waals surface area contributed by atoms with Crippen LogP contribution in [0.1, 0.15) is 34.1 Å². The van der Waals surface area contributed by atoms with Crippen LogP contribution in [-0.2, 0) is 19.5 Å². The molecule has 5 heteroatoms. The molecule has 0 aliphatic rings. The fourth-order valence-corrected chi connectivity index (χ4v) is 3.94. The van der Waals surface area contributed by atoms with Gasteiger partial charge in [-0.3, -0.25) is 4.98 Å². The molecule has 3 heterocycles. The largest absolute Gasteiger partial charge is 0.329 e. The number of nitrogens with zero attached hydrogens (tertiary/aromatic N) is 3. The molecule has 1 N–H and O–H groups in total. The number of imidazole rings is 1. The lowest BCUT2D eigenvalue weighted by Gasteiger charge is -2.19. The quantitative estimate of drug-likeness (QED) is 0.473. The third-order valence-electron chi connectivity index (χ3n) is 4.84. The maximum atomic E-state index is 4.67. The van der Waals surface area contributed by atoms with Gasteiger partial charge in [-0.05, 0) is 52.9 Å². The second-order valence-corrected chi connectivity index (χ2v) is 7.81. The number of benzene rings is 1. The Kier molecular flexibility index (Phi) is 5.95. The zero-order valence-corrected chi connectivity index (χ0v) is 16.8. The van der Waals surface area contributed by atoms with Crippen LogP contribution in [-0.4, -0.2) is 14.5 Å². The van der Waals surface area contributed by atoms with E-state index in [1.807, 2.05) is 24.8 Å². The van der Waals surface area contributed by atoms with Crippen molar-refractivity contribution in [3.05, 3.63) is 106 Å². The van der Waals surface area contributed by atoms with E-state index in [4.69, 9.17) is 0 Å². The highest BCUT2D eigenvalue weighted by molar-refractivity contribution is 7.07. The van der Waals surface area contributed by atoms with Gasteiger partial charge in [0.05, 0.1) is 23.8 Å². The van der Waals surface area contributed by atoms with Gasteiger partial charge in [0, 0.05) is 25.5 Å². The van der Waals surface area contributed by atoms with Gasteiger partial charge in [0.1, 0.15) is 0 Å². The minimum absolute atomic E-state index is 0.162. The van der Waals surface area contributed by atoms with Crippen molar-refractivity contribution in [3.63, 3.8) is 0 Å². The molecule has 0 aliphatic carbocycles. The van der Waals surface area contributed by atoms with Crippen molar-refractivity contribution in [2.45, 2.75) is 32.5 Å². The van der Waals surface area contributed by atoms with Crippen LogP contribution in [0, 0.1) is 6.92 Å². The molecule has 0 saturated carbocycles. The first-order valence-electron chi connectivity index (χ1n) is 9.48. The minimum atomic E-state index is 0.162. The van der Waals surface area contributed by atoms with Gasteiger partial charge in [-0.25, -0.2) is 4.98 Å². The molecule has 0 spiro atoms. The first-order valence-corrected chi connectivity index (χ1v) is 10.4. The average Bonchev–Trinajstić information content (AvgIpc) is 3.39.